The fourth-order valence-electron chi connectivity index (χ4n) is 2.27. The molecule has 0 N–H and O–H groups in total. The van der Waals surface area contributed by atoms with Crippen LogP contribution >= 0.6 is 22.9 Å². The van der Waals surface area contributed by atoms with Gasteiger partial charge in [-0.1, -0.05) is 36.5 Å². The molecule has 2 heterocycles. The molecule has 21 heavy (non-hydrogen) atoms. The highest BCUT2D eigenvalue weighted by molar-refractivity contribution is 7.13. The zero-order chi connectivity index (χ0) is 14.8. The average Bonchev–Trinajstić information content (AvgIpc) is 2.95. The van der Waals surface area contributed by atoms with Crippen LogP contribution < -0.4 is 5.56 Å². The molecule has 0 spiro atoms. The largest absolute Gasteiger partial charge is 0.268 e. The van der Waals surface area contributed by atoms with Gasteiger partial charge in [-0.3, -0.25) is 9.36 Å². The maximum absolute atomic E-state index is 12.7. The minimum Gasteiger partial charge on any atom is -0.268 e. The first-order valence-electron chi connectivity index (χ1n) is 6.77. The van der Waals surface area contributed by atoms with Crippen molar-refractivity contribution in [2.75, 3.05) is 0 Å². The van der Waals surface area contributed by atoms with Gasteiger partial charge >= 0.3 is 0 Å². The summed E-state index contributed by atoms with van der Waals surface area (Å²) in [7, 11) is 0. The molecule has 1 aromatic carbocycles. The average molecular weight is 320 g/mol. The lowest BCUT2D eigenvalue weighted by atomic mass is 10.1. The van der Waals surface area contributed by atoms with Gasteiger partial charge in [-0.25, -0.2) is 0 Å². The highest BCUT2D eigenvalue weighted by Gasteiger charge is 2.14. The van der Waals surface area contributed by atoms with Crippen LogP contribution in [0.3, 0.4) is 0 Å². The van der Waals surface area contributed by atoms with Gasteiger partial charge in [0, 0.05) is 17.5 Å². The number of hydrogen-bond donors (Lipinski definition) is 0. The summed E-state index contributed by atoms with van der Waals surface area (Å²) in [5.74, 6) is 0.253. The SMILES string of the molecule is CCCc1nnc(-n2c(CCl)cc3ccccc3c2=O)s1. The number of nitrogens with zero attached hydrogens (tertiary/aromatic N) is 3. The number of rotatable bonds is 4. The summed E-state index contributed by atoms with van der Waals surface area (Å²) in [6.07, 6.45) is 1.87. The third-order valence-electron chi connectivity index (χ3n) is 3.25. The lowest BCUT2D eigenvalue weighted by molar-refractivity contribution is 0.853. The Morgan fingerprint density at radius 1 is 1.29 bits per heavy atom. The van der Waals surface area contributed by atoms with E-state index < -0.39 is 0 Å². The lowest BCUT2D eigenvalue weighted by Gasteiger charge is -2.09. The summed E-state index contributed by atoms with van der Waals surface area (Å²) in [5, 5.41) is 11.4. The normalized spacial score (nSPS) is 11.1. The molecule has 0 saturated carbocycles. The van der Waals surface area contributed by atoms with Gasteiger partial charge in [-0.2, -0.15) is 0 Å². The van der Waals surface area contributed by atoms with Crippen LogP contribution in [0.4, 0.5) is 0 Å². The summed E-state index contributed by atoms with van der Waals surface area (Å²) >= 11 is 7.46. The first-order chi connectivity index (χ1) is 10.2. The van der Waals surface area contributed by atoms with Crippen molar-refractivity contribution in [3.05, 3.63) is 51.4 Å². The van der Waals surface area contributed by atoms with Crippen molar-refractivity contribution in [2.45, 2.75) is 25.6 Å². The topological polar surface area (TPSA) is 47.8 Å². The number of fused-ring (bicyclic) bond motifs is 1. The summed E-state index contributed by atoms with van der Waals surface area (Å²) in [6.45, 7) is 2.09. The van der Waals surface area contributed by atoms with Crippen molar-refractivity contribution in [1.82, 2.24) is 14.8 Å². The number of benzene rings is 1. The molecule has 3 aromatic rings. The molecule has 0 amide bonds. The van der Waals surface area contributed by atoms with Crippen LogP contribution in [0.1, 0.15) is 24.0 Å². The molecule has 0 radical (unpaired) electrons. The minimum atomic E-state index is -0.0945. The Morgan fingerprint density at radius 2 is 2.10 bits per heavy atom. The molecular weight excluding hydrogens is 306 g/mol. The molecule has 108 valence electrons. The van der Waals surface area contributed by atoms with E-state index in [1.807, 2.05) is 30.3 Å². The number of aryl methyl sites for hydroxylation is 1. The lowest BCUT2D eigenvalue weighted by Crippen LogP contribution is -2.21. The minimum absolute atomic E-state index is 0.0945. The van der Waals surface area contributed by atoms with E-state index in [-0.39, 0.29) is 11.4 Å². The smallest absolute Gasteiger partial charge is 0.265 e. The van der Waals surface area contributed by atoms with Crippen LogP contribution in [0.2, 0.25) is 0 Å². The number of hydrogen-bond acceptors (Lipinski definition) is 4. The molecule has 0 bridgehead atoms. The van der Waals surface area contributed by atoms with Crippen LogP contribution in [0.25, 0.3) is 15.9 Å². The Labute approximate surface area is 131 Å². The maximum Gasteiger partial charge on any atom is 0.265 e. The third-order valence-corrected chi connectivity index (χ3v) is 4.49. The molecule has 0 aliphatic carbocycles. The summed E-state index contributed by atoms with van der Waals surface area (Å²) in [4.78, 5) is 12.7. The van der Waals surface area contributed by atoms with Crippen LogP contribution in [-0.4, -0.2) is 14.8 Å². The molecule has 4 nitrogen and oxygen atoms in total. The second-order valence-electron chi connectivity index (χ2n) is 4.73. The fraction of sp³-hybridized carbons (Fsp3) is 0.267. The zero-order valence-corrected chi connectivity index (χ0v) is 13.1. The van der Waals surface area contributed by atoms with Gasteiger partial charge in [0.25, 0.3) is 5.56 Å². The van der Waals surface area contributed by atoms with Crippen molar-refractivity contribution in [3.63, 3.8) is 0 Å². The molecule has 0 unspecified atom stereocenters. The number of halogens is 1. The molecule has 6 heteroatoms. The molecule has 0 aliphatic rings. The molecule has 0 saturated heterocycles. The van der Waals surface area contributed by atoms with Gasteiger partial charge in [0.15, 0.2) is 0 Å². The molecule has 0 fully saturated rings. The van der Waals surface area contributed by atoms with Crippen molar-refractivity contribution >= 4 is 33.7 Å². The number of pyridine rings is 1. The van der Waals surface area contributed by atoms with E-state index in [4.69, 9.17) is 11.6 Å². The highest BCUT2D eigenvalue weighted by Crippen LogP contribution is 2.20. The van der Waals surface area contributed by atoms with Crippen molar-refractivity contribution in [3.8, 4) is 5.13 Å². The quantitative estimate of drug-likeness (QED) is 0.691. The summed E-state index contributed by atoms with van der Waals surface area (Å²) < 4.78 is 1.58. The van der Waals surface area contributed by atoms with Crippen molar-refractivity contribution in [1.29, 1.82) is 0 Å². The van der Waals surface area contributed by atoms with E-state index in [2.05, 4.69) is 17.1 Å². The first kappa shape index (κ1) is 14.2. The first-order valence-corrected chi connectivity index (χ1v) is 8.12. The highest BCUT2D eigenvalue weighted by atomic mass is 35.5. The van der Waals surface area contributed by atoms with E-state index in [0.717, 1.165) is 28.9 Å². The van der Waals surface area contributed by atoms with Crippen LogP contribution in [0.15, 0.2) is 35.1 Å². The Kier molecular flexibility index (Phi) is 4.03. The Morgan fingerprint density at radius 3 is 2.86 bits per heavy atom. The zero-order valence-electron chi connectivity index (χ0n) is 11.5. The molecule has 3 rings (SSSR count). The van der Waals surface area contributed by atoms with E-state index >= 15 is 0 Å². The van der Waals surface area contributed by atoms with Gasteiger partial charge in [0.05, 0.1) is 5.88 Å². The monoisotopic (exact) mass is 319 g/mol. The summed E-state index contributed by atoms with van der Waals surface area (Å²) in [5.41, 5.74) is 0.641. The maximum atomic E-state index is 12.7. The van der Waals surface area contributed by atoms with Gasteiger partial charge in [-0.15, -0.1) is 21.8 Å². The number of alkyl halides is 1. The second kappa shape index (κ2) is 5.95. The van der Waals surface area contributed by atoms with Gasteiger partial charge in [0.2, 0.25) is 5.13 Å². The summed E-state index contributed by atoms with van der Waals surface area (Å²) in [6, 6.07) is 9.44. The standard InChI is InChI=1S/C15H14ClN3OS/c1-2-5-13-17-18-15(21-13)19-11(9-16)8-10-6-3-4-7-12(10)14(19)20/h3-4,6-8H,2,5,9H2,1H3. The number of aromatic nitrogens is 3. The van der Waals surface area contributed by atoms with Gasteiger partial charge in [0.1, 0.15) is 5.01 Å². The Hall–Kier alpha value is -1.72. The predicted molar refractivity (Wildman–Crippen MR) is 86.6 cm³/mol. The Bertz CT molecular complexity index is 840. The molecule has 2 aromatic heterocycles. The van der Waals surface area contributed by atoms with Crippen LogP contribution in [0, 0.1) is 0 Å². The van der Waals surface area contributed by atoms with Crippen LogP contribution in [-0.2, 0) is 12.3 Å². The van der Waals surface area contributed by atoms with Gasteiger partial charge < -0.3 is 0 Å². The fourth-order valence-corrected chi connectivity index (χ4v) is 3.44. The molecule has 0 aliphatic heterocycles. The van der Waals surface area contributed by atoms with E-state index in [1.54, 1.807) is 4.57 Å². The third kappa shape index (κ3) is 2.59. The second-order valence-corrected chi connectivity index (χ2v) is 6.03. The predicted octanol–water partition coefficient (Wildman–Crippen LogP) is 3.53. The molecule has 0 atom stereocenters. The Balaban J connectivity index is 2.24. The van der Waals surface area contributed by atoms with Crippen molar-refractivity contribution < 1.29 is 0 Å². The molecular formula is C15H14ClN3OS. The van der Waals surface area contributed by atoms with Crippen LogP contribution in [0.5, 0.6) is 0 Å². The van der Waals surface area contributed by atoms with Gasteiger partial charge in [-0.05, 0) is 23.9 Å². The van der Waals surface area contributed by atoms with Crippen molar-refractivity contribution in [2.24, 2.45) is 0 Å². The van der Waals surface area contributed by atoms with E-state index in [9.17, 15) is 4.79 Å². The van der Waals surface area contributed by atoms with E-state index in [1.165, 1.54) is 11.3 Å². The van der Waals surface area contributed by atoms with E-state index in [0.29, 0.717) is 10.5 Å².